The number of nitrogen functional groups attached to an aromatic ring is 1. The molecule has 0 aliphatic heterocycles. The summed E-state index contributed by atoms with van der Waals surface area (Å²) in [6.45, 7) is 3.65. The summed E-state index contributed by atoms with van der Waals surface area (Å²) in [6.07, 6.45) is 1.43. The Bertz CT molecular complexity index is 737. The Kier molecular flexibility index (Phi) is 3.87. The summed E-state index contributed by atoms with van der Waals surface area (Å²) in [6, 6.07) is 5.99. The Morgan fingerprint density at radius 2 is 1.95 bits per heavy atom. The lowest BCUT2D eigenvalue weighted by atomic mass is 10.1. The van der Waals surface area contributed by atoms with Gasteiger partial charge in [-0.1, -0.05) is 11.6 Å². The second-order valence-electron chi connectivity index (χ2n) is 4.42. The summed E-state index contributed by atoms with van der Waals surface area (Å²) in [5, 5.41) is 0.400. The zero-order valence-corrected chi connectivity index (χ0v) is 12.6. The van der Waals surface area contributed by atoms with E-state index in [2.05, 4.69) is 9.71 Å². The molecule has 0 unspecified atom stereocenters. The second kappa shape index (κ2) is 5.30. The summed E-state index contributed by atoms with van der Waals surface area (Å²) < 4.78 is 26.9. The van der Waals surface area contributed by atoms with Gasteiger partial charge in [0.15, 0.2) is 0 Å². The smallest absolute Gasteiger partial charge is 0.263 e. The molecule has 0 bridgehead atoms. The van der Waals surface area contributed by atoms with Gasteiger partial charge in [0.05, 0.1) is 4.90 Å². The summed E-state index contributed by atoms with van der Waals surface area (Å²) in [7, 11) is -3.74. The van der Waals surface area contributed by atoms with Crippen LogP contribution in [0.2, 0.25) is 5.02 Å². The van der Waals surface area contributed by atoms with Crippen LogP contribution in [0.15, 0.2) is 35.4 Å². The fraction of sp³-hybridized carbons (Fsp3) is 0.154. The number of hydrogen-bond acceptors (Lipinski definition) is 4. The molecule has 1 aromatic heterocycles. The number of anilines is 2. The molecular formula is C13H14ClN3O2S. The molecule has 106 valence electrons. The van der Waals surface area contributed by atoms with Gasteiger partial charge in [-0.25, -0.2) is 13.4 Å². The molecule has 0 fully saturated rings. The zero-order valence-electron chi connectivity index (χ0n) is 11.0. The lowest BCUT2D eigenvalue weighted by Crippen LogP contribution is -2.14. The number of halogens is 1. The van der Waals surface area contributed by atoms with Crippen molar-refractivity contribution in [2.45, 2.75) is 18.7 Å². The van der Waals surface area contributed by atoms with Crippen molar-refractivity contribution in [3.63, 3.8) is 0 Å². The van der Waals surface area contributed by atoms with E-state index in [0.717, 1.165) is 11.1 Å². The molecule has 2 aromatic rings. The van der Waals surface area contributed by atoms with E-state index < -0.39 is 10.0 Å². The van der Waals surface area contributed by atoms with E-state index in [4.69, 9.17) is 17.3 Å². The van der Waals surface area contributed by atoms with Gasteiger partial charge < -0.3 is 5.73 Å². The van der Waals surface area contributed by atoms with Crippen molar-refractivity contribution in [1.82, 2.24) is 4.98 Å². The quantitative estimate of drug-likeness (QED) is 0.853. The number of aryl methyl sites for hydroxylation is 1. The number of benzene rings is 1. The lowest BCUT2D eigenvalue weighted by molar-refractivity contribution is 0.601. The Morgan fingerprint density at radius 3 is 2.55 bits per heavy atom. The van der Waals surface area contributed by atoms with E-state index in [9.17, 15) is 8.42 Å². The van der Waals surface area contributed by atoms with E-state index in [1.165, 1.54) is 18.3 Å². The van der Waals surface area contributed by atoms with Crippen molar-refractivity contribution in [3.05, 3.63) is 46.6 Å². The molecule has 0 atom stereocenters. The molecule has 0 aliphatic rings. The van der Waals surface area contributed by atoms with Crippen molar-refractivity contribution in [3.8, 4) is 0 Å². The molecule has 2 rings (SSSR count). The first kappa shape index (κ1) is 14.6. The number of sulfonamides is 1. The molecule has 0 aliphatic carbocycles. The van der Waals surface area contributed by atoms with Crippen molar-refractivity contribution >= 4 is 33.1 Å². The lowest BCUT2D eigenvalue weighted by Gasteiger charge is -2.11. The third-order valence-corrected chi connectivity index (χ3v) is 4.52. The van der Waals surface area contributed by atoms with Gasteiger partial charge in [-0.05, 0) is 43.2 Å². The fourth-order valence-electron chi connectivity index (χ4n) is 1.66. The number of aromatic nitrogens is 1. The SMILES string of the molecule is Cc1cc(S(=O)(=O)Nc2cc(Cl)ccn2)cc(N)c1C. The maximum absolute atomic E-state index is 12.3. The largest absolute Gasteiger partial charge is 0.398 e. The van der Waals surface area contributed by atoms with Crippen LogP contribution in [-0.2, 0) is 10.0 Å². The number of hydrogen-bond donors (Lipinski definition) is 2. The van der Waals surface area contributed by atoms with E-state index in [1.54, 1.807) is 12.1 Å². The predicted molar refractivity (Wildman–Crippen MR) is 80.4 cm³/mol. The first-order valence-corrected chi connectivity index (χ1v) is 7.67. The van der Waals surface area contributed by atoms with Gasteiger partial charge in [0.1, 0.15) is 5.82 Å². The van der Waals surface area contributed by atoms with Gasteiger partial charge in [0, 0.05) is 23.0 Å². The van der Waals surface area contributed by atoms with Gasteiger partial charge in [-0.3, -0.25) is 4.72 Å². The average Bonchev–Trinajstić information content (AvgIpc) is 2.34. The van der Waals surface area contributed by atoms with Gasteiger partial charge in [0.2, 0.25) is 0 Å². The van der Waals surface area contributed by atoms with Crippen molar-refractivity contribution in [2.75, 3.05) is 10.5 Å². The Morgan fingerprint density at radius 1 is 1.25 bits per heavy atom. The van der Waals surface area contributed by atoms with Crippen molar-refractivity contribution < 1.29 is 8.42 Å². The van der Waals surface area contributed by atoms with Crippen LogP contribution in [0, 0.1) is 13.8 Å². The fourth-order valence-corrected chi connectivity index (χ4v) is 2.94. The molecule has 0 radical (unpaired) electrons. The molecule has 3 N–H and O–H groups in total. The molecule has 20 heavy (non-hydrogen) atoms. The predicted octanol–water partition coefficient (Wildman–Crippen LogP) is 2.73. The minimum Gasteiger partial charge on any atom is -0.398 e. The van der Waals surface area contributed by atoms with Crippen LogP contribution < -0.4 is 10.5 Å². The van der Waals surface area contributed by atoms with Crippen LogP contribution in [-0.4, -0.2) is 13.4 Å². The van der Waals surface area contributed by atoms with Gasteiger partial charge in [-0.2, -0.15) is 0 Å². The van der Waals surface area contributed by atoms with Crippen LogP contribution in [0.4, 0.5) is 11.5 Å². The molecule has 0 saturated heterocycles. The summed E-state index contributed by atoms with van der Waals surface area (Å²) in [4.78, 5) is 4.00. The summed E-state index contributed by atoms with van der Waals surface area (Å²) in [5.41, 5.74) is 7.92. The number of nitrogens with zero attached hydrogens (tertiary/aromatic N) is 1. The summed E-state index contributed by atoms with van der Waals surface area (Å²) in [5.74, 6) is 0.161. The van der Waals surface area contributed by atoms with Crippen LogP contribution in [0.25, 0.3) is 0 Å². The summed E-state index contributed by atoms with van der Waals surface area (Å²) >= 11 is 5.80. The first-order chi connectivity index (χ1) is 9.29. The van der Waals surface area contributed by atoms with Gasteiger partial charge in [-0.15, -0.1) is 0 Å². The minimum atomic E-state index is -3.74. The number of pyridine rings is 1. The van der Waals surface area contributed by atoms with Gasteiger partial charge in [0.25, 0.3) is 10.0 Å². The molecule has 1 heterocycles. The van der Waals surface area contributed by atoms with Crippen molar-refractivity contribution in [2.24, 2.45) is 0 Å². The van der Waals surface area contributed by atoms with E-state index >= 15 is 0 Å². The molecule has 7 heteroatoms. The Labute approximate surface area is 122 Å². The number of nitrogens with two attached hydrogens (primary N) is 1. The first-order valence-electron chi connectivity index (χ1n) is 5.81. The molecule has 1 aromatic carbocycles. The minimum absolute atomic E-state index is 0.0971. The third kappa shape index (κ3) is 3.02. The van der Waals surface area contributed by atoms with E-state index in [1.807, 2.05) is 13.8 Å². The average molecular weight is 312 g/mol. The Hall–Kier alpha value is -1.79. The van der Waals surface area contributed by atoms with Gasteiger partial charge >= 0.3 is 0 Å². The van der Waals surface area contributed by atoms with Crippen LogP contribution >= 0.6 is 11.6 Å². The number of rotatable bonds is 3. The second-order valence-corrected chi connectivity index (χ2v) is 6.54. The highest BCUT2D eigenvalue weighted by Crippen LogP contribution is 2.23. The normalized spacial score (nSPS) is 11.3. The molecule has 0 saturated carbocycles. The van der Waals surface area contributed by atoms with Crippen LogP contribution in [0.1, 0.15) is 11.1 Å². The van der Waals surface area contributed by atoms with E-state index in [-0.39, 0.29) is 10.7 Å². The molecular weight excluding hydrogens is 298 g/mol. The third-order valence-electron chi connectivity index (χ3n) is 2.95. The maximum Gasteiger partial charge on any atom is 0.263 e. The zero-order chi connectivity index (χ0) is 14.9. The molecule has 0 amide bonds. The highest BCUT2D eigenvalue weighted by Gasteiger charge is 2.17. The monoisotopic (exact) mass is 311 g/mol. The highest BCUT2D eigenvalue weighted by atomic mass is 35.5. The van der Waals surface area contributed by atoms with Crippen LogP contribution in [0.5, 0.6) is 0 Å². The number of nitrogens with one attached hydrogen (secondary N) is 1. The van der Waals surface area contributed by atoms with Crippen LogP contribution in [0.3, 0.4) is 0 Å². The Balaban J connectivity index is 2.41. The standard InChI is InChI=1S/C13H14ClN3O2S/c1-8-5-11(7-12(15)9(8)2)20(18,19)17-13-6-10(14)3-4-16-13/h3-7H,15H2,1-2H3,(H,16,17). The highest BCUT2D eigenvalue weighted by molar-refractivity contribution is 7.92. The molecule has 5 nitrogen and oxygen atoms in total. The van der Waals surface area contributed by atoms with E-state index in [0.29, 0.717) is 10.7 Å². The molecule has 0 spiro atoms. The van der Waals surface area contributed by atoms with Crippen molar-refractivity contribution in [1.29, 1.82) is 0 Å². The maximum atomic E-state index is 12.3. The topological polar surface area (TPSA) is 85.1 Å².